The Morgan fingerprint density at radius 2 is 2.25 bits per heavy atom. The van der Waals surface area contributed by atoms with E-state index in [9.17, 15) is 9.18 Å². The van der Waals surface area contributed by atoms with Gasteiger partial charge in [-0.05, 0) is 26.0 Å². The highest BCUT2D eigenvalue weighted by Crippen LogP contribution is 2.17. The van der Waals surface area contributed by atoms with Crippen LogP contribution in [0.15, 0.2) is 29.6 Å². The highest BCUT2D eigenvalue weighted by molar-refractivity contribution is 7.09. The van der Waals surface area contributed by atoms with Gasteiger partial charge in [-0.2, -0.15) is 0 Å². The predicted molar refractivity (Wildman–Crippen MR) is 75.2 cm³/mol. The first-order valence-electron chi connectivity index (χ1n) is 6.16. The van der Waals surface area contributed by atoms with Crippen LogP contribution in [-0.2, 0) is 11.3 Å². The van der Waals surface area contributed by atoms with Crippen LogP contribution < -0.4 is 10.1 Å². The normalized spacial score (nSPS) is 11.9. The van der Waals surface area contributed by atoms with Gasteiger partial charge in [0.1, 0.15) is 0 Å². The van der Waals surface area contributed by atoms with E-state index < -0.39 is 11.9 Å². The number of hydrogen-bond donors (Lipinski definition) is 1. The highest BCUT2D eigenvalue weighted by Gasteiger charge is 2.16. The minimum Gasteiger partial charge on any atom is -0.478 e. The second-order valence-corrected chi connectivity index (χ2v) is 5.33. The first-order valence-corrected chi connectivity index (χ1v) is 7.04. The number of benzene rings is 1. The van der Waals surface area contributed by atoms with Gasteiger partial charge in [-0.25, -0.2) is 9.37 Å². The molecule has 0 saturated heterocycles. The summed E-state index contributed by atoms with van der Waals surface area (Å²) in [7, 11) is 0. The molecule has 1 aromatic heterocycles. The molecule has 20 heavy (non-hydrogen) atoms. The Morgan fingerprint density at radius 3 is 2.90 bits per heavy atom. The molecule has 0 aliphatic carbocycles. The van der Waals surface area contributed by atoms with Crippen molar-refractivity contribution >= 4 is 17.2 Å². The first-order chi connectivity index (χ1) is 9.56. The van der Waals surface area contributed by atoms with Crippen molar-refractivity contribution in [1.29, 1.82) is 0 Å². The fraction of sp³-hybridized carbons (Fsp3) is 0.286. The number of aromatic nitrogens is 1. The van der Waals surface area contributed by atoms with Crippen LogP contribution in [0.4, 0.5) is 4.39 Å². The van der Waals surface area contributed by atoms with Crippen LogP contribution in [0.3, 0.4) is 0 Å². The minimum absolute atomic E-state index is 0.0691. The number of thiazole rings is 1. The lowest BCUT2D eigenvalue weighted by atomic mass is 10.3. The number of carbonyl (C=O) groups is 1. The largest absolute Gasteiger partial charge is 0.478 e. The van der Waals surface area contributed by atoms with E-state index in [0.29, 0.717) is 6.54 Å². The molecule has 1 atom stereocenters. The molecule has 1 aromatic carbocycles. The van der Waals surface area contributed by atoms with E-state index >= 15 is 0 Å². The van der Waals surface area contributed by atoms with E-state index in [4.69, 9.17) is 4.74 Å². The molecule has 6 heteroatoms. The van der Waals surface area contributed by atoms with E-state index in [1.165, 1.54) is 23.5 Å². The van der Waals surface area contributed by atoms with Crippen LogP contribution in [0.5, 0.6) is 5.75 Å². The van der Waals surface area contributed by atoms with Gasteiger partial charge < -0.3 is 10.1 Å². The Kier molecular flexibility index (Phi) is 4.68. The zero-order valence-electron chi connectivity index (χ0n) is 11.2. The smallest absolute Gasteiger partial charge is 0.261 e. The Hall–Kier alpha value is -1.95. The Morgan fingerprint density at radius 1 is 1.50 bits per heavy atom. The molecule has 0 bridgehead atoms. The number of ether oxygens (including phenoxy) is 1. The molecule has 0 aliphatic heterocycles. The van der Waals surface area contributed by atoms with E-state index in [1.54, 1.807) is 19.1 Å². The maximum Gasteiger partial charge on any atom is 0.261 e. The van der Waals surface area contributed by atoms with Crippen molar-refractivity contribution in [2.45, 2.75) is 26.5 Å². The van der Waals surface area contributed by atoms with Crippen molar-refractivity contribution in [2.75, 3.05) is 0 Å². The maximum atomic E-state index is 13.4. The number of nitrogens with one attached hydrogen (secondary N) is 1. The second-order valence-electron chi connectivity index (χ2n) is 4.27. The van der Waals surface area contributed by atoms with Crippen LogP contribution in [-0.4, -0.2) is 17.0 Å². The average molecular weight is 294 g/mol. The van der Waals surface area contributed by atoms with Crippen molar-refractivity contribution in [3.05, 3.63) is 46.2 Å². The van der Waals surface area contributed by atoms with Gasteiger partial charge in [0.15, 0.2) is 17.7 Å². The number of aryl methyl sites for hydroxylation is 1. The maximum absolute atomic E-state index is 13.4. The minimum atomic E-state index is -0.772. The zero-order chi connectivity index (χ0) is 14.5. The van der Waals surface area contributed by atoms with Gasteiger partial charge in [0.05, 0.1) is 17.2 Å². The lowest BCUT2D eigenvalue weighted by Crippen LogP contribution is -2.36. The standard InChI is InChI=1S/C14H15FN2O2S/c1-9(19-13-6-4-3-5-12(13)15)14(18)16-7-11-8-20-10(2)17-11/h3-6,8-9H,7H2,1-2H3,(H,16,18). The van der Waals surface area contributed by atoms with Crippen LogP contribution >= 0.6 is 11.3 Å². The molecule has 0 aliphatic rings. The summed E-state index contributed by atoms with van der Waals surface area (Å²) in [4.78, 5) is 16.1. The third-order valence-electron chi connectivity index (χ3n) is 2.62. The number of hydrogen-bond acceptors (Lipinski definition) is 4. The number of para-hydroxylation sites is 1. The van der Waals surface area contributed by atoms with Gasteiger partial charge in [0, 0.05) is 5.38 Å². The third-order valence-corrected chi connectivity index (χ3v) is 3.44. The number of nitrogens with zero attached hydrogens (tertiary/aromatic N) is 1. The highest BCUT2D eigenvalue weighted by atomic mass is 32.1. The number of amides is 1. The molecule has 1 N–H and O–H groups in total. The lowest BCUT2D eigenvalue weighted by molar-refractivity contribution is -0.127. The molecule has 2 aromatic rings. The quantitative estimate of drug-likeness (QED) is 0.922. The van der Waals surface area contributed by atoms with E-state index in [1.807, 2.05) is 12.3 Å². The van der Waals surface area contributed by atoms with Crippen molar-refractivity contribution < 1.29 is 13.9 Å². The topological polar surface area (TPSA) is 51.2 Å². The van der Waals surface area contributed by atoms with Crippen LogP contribution in [0, 0.1) is 12.7 Å². The fourth-order valence-corrected chi connectivity index (χ4v) is 2.21. The summed E-state index contributed by atoms with van der Waals surface area (Å²) in [5, 5.41) is 5.55. The number of carbonyl (C=O) groups excluding carboxylic acids is 1. The molecule has 0 spiro atoms. The molecule has 1 amide bonds. The Labute approximate surface area is 120 Å². The molecular weight excluding hydrogens is 279 g/mol. The van der Waals surface area contributed by atoms with Gasteiger partial charge in [0.2, 0.25) is 0 Å². The van der Waals surface area contributed by atoms with Gasteiger partial charge in [-0.3, -0.25) is 4.79 Å². The van der Waals surface area contributed by atoms with Crippen molar-refractivity contribution in [3.63, 3.8) is 0 Å². The first kappa shape index (κ1) is 14.5. The van der Waals surface area contributed by atoms with E-state index in [0.717, 1.165) is 10.7 Å². The van der Waals surface area contributed by atoms with Gasteiger partial charge in [-0.1, -0.05) is 12.1 Å². The molecule has 4 nitrogen and oxygen atoms in total. The summed E-state index contributed by atoms with van der Waals surface area (Å²) < 4.78 is 18.7. The van der Waals surface area contributed by atoms with Gasteiger partial charge in [-0.15, -0.1) is 11.3 Å². The molecule has 1 heterocycles. The van der Waals surface area contributed by atoms with E-state index in [2.05, 4.69) is 10.3 Å². The van der Waals surface area contributed by atoms with Crippen LogP contribution in [0.2, 0.25) is 0 Å². The van der Waals surface area contributed by atoms with E-state index in [-0.39, 0.29) is 11.7 Å². The monoisotopic (exact) mass is 294 g/mol. The second kappa shape index (κ2) is 6.47. The molecule has 106 valence electrons. The van der Waals surface area contributed by atoms with Gasteiger partial charge >= 0.3 is 0 Å². The summed E-state index contributed by atoms with van der Waals surface area (Å²) in [6, 6.07) is 6.00. The zero-order valence-corrected chi connectivity index (χ0v) is 12.0. The summed E-state index contributed by atoms with van der Waals surface area (Å²) >= 11 is 1.53. The Bertz CT molecular complexity index is 600. The average Bonchev–Trinajstić information content (AvgIpc) is 2.84. The Balaban J connectivity index is 1.87. The molecular formula is C14H15FN2O2S. The van der Waals surface area contributed by atoms with Crippen molar-refractivity contribution in [2.24, 2.45) is 0 Å². The summed E-state index contributed by atoms with van der Waals surface area (Å²) in [5.41, 5.74) is 0.805. The molecule has 0 fully saturated rings. The van der Waals surface area contributed by atoms with Crippen molar-refractivity contribution in [1.82, 2.24) is 10.3 Å². The number of halogens is 1. The third kappa shape index (κ3) is 3.77. The SMILES string of the molecule is Cc1nc(CNC(=O)C(C)Oc2ccccc2F)cs1. The molecule has 0 radical (unpaired) electrons. The summed E-state index contributed by atoms with van der Waals surface area (Å²) in [6.45, 7) is 3.82. The molecule has 2 rings (SSSR count). The molecule has 1 unspecified atom stereocenters. The van der Waals surface area contributed by atoms with Crippen LogP contribution in [0.1, 0.15) is 17.6 Å². The van der Waals surface area contributed by atoms with Gasteiger partial charge in [0.25, 0.3) is 5.91 Å². The fourth-order valence-electron chi connectivity index (χ4n) is 1.60. The molecule has 0 saturated carbocycles. The number of rotatable bonds is 5. The lowest BCUT2D eigenvalue weighted by Gasteiger charge is -2.14. The summed E-state index contributed by atoms with van der Waals surface area (Å²) in [6.07, 6.45) is -0.772. The summed E-state index contributed by atoms with van der Waals surface area (Å²) in [5.74, 6) is -0.721. The van der Waals surface area contributed by atoms with Crippen LogP contribution in [0.25, 0.3) is 0 Å². The van der Waals surface area contributed by atoms with Crippen molar-refractivity contribution in [3.8, 4) is 5.75 Å². The predicted octanol–water partition coefficient (Wildman–Crippen LogP) is 2.67.